The third-order valence-electron chi connectivity index (χ3n) is 3.56. The van der Waals surface area contributed by atoms with E-state index in [-0.39, 0.29) is 0 Å². The average molecular weight is 242 g/mol. The molecule has 0 aromatic rings. The van der Waals surface area contributed by atoms with Gasteiger partial charge >= 0.3 is 0 Å². The summed E-state index contributed by atoms with van der Waals surface area (Å²) in [4.78, 5) is 5.00. The summed E-state index contributed by atoms with van der Waals surface area (Å²) in [6.07, 6.45) is 3.14. The molecule has 1 aliphatic rings. The van der Waals surface area contributed by atoms with Crippen molar-refractivity contribution in [2.45, 2.75) is 39.7 Å². The monoisotopic (exact) mass is 242 g/mol. The quantitative estimate of drug-likeness (QED) is 0.680. The molecule has 0 bridgehead atoms. The summed E-state index contributed by atoms with van der Waals surface area (Å²) < 4.78 is 5.57. The smallest absolute Gasteiger partial charge is 0.0673 e. The molecule has 0 aromatic carbocycles. The largest absolute Gasteiger partial charge is 0.377 e. The lowest BCUT2D eigenvalue weighted by molar-refractivity contribution is 0.0484. The minimum absolute atomic E-state index is 0.352. The van der Waals surface area contributed by atoms with Gasteiger partial charge in [0.15, 0.2) is 0 Å². The number of piperidine rings is 1. The van der Waals surface area contributed by atoms with Crippen LogP contribution in [0.4, 0.5) is 0 Å². The number of hydrogen-bond donors (Lipinski definition) is 0. The first-order valence-corrected chi connectivity index (χ1v) is 7.14. The van der Waals surface area contributed by atoms with Gasteiger partial charge in [0.1, 0.15) is 0 Å². The minimum Gasteiger partial charge on any atom is -0.377 e. The van der Waals surface area contributed by atoms with Crippen molar-refractivity contribution in [3.05, 3.63) is 0 Å². The zero-order chi connectivity index (χ0) is 12.7. The second kappa shape index (κ2) is 8.06. The molecular weight excluding hydrogens is 212 g/mol. The Bertz CT molecular complexity index is 199. The molecule has 2 atom stereocenters. The number of likely N-dealkylation sites (tertiary alicyclic amines) is 1. The summed E-state index contributed by atoms with van der Waals surface area (Å²) in [5, 5.41) is 0. The molecule has 0 amide bonds. The Hall–Kier alpha value is -0.120. The normalized spacial score (nSPS) is 24.2. The maximum absolute atomic E-state index is 5.57. The minimum atomic E-state index is 0.352. The van der Waals surface area contributed by atoms with Gasteiger partial charge in [0, 0.05) is 32.8 Å². The van der Waals surface area contributed by atoms with E-state index in [2.05, 4.69) is 37.6 Å². The summed E-state index contributed by atoms with van der Waals surface area (Å²) in [5.74, 6) is 0.886. The van der Waals surface area contributed by atoms with E-state index in [0.29, 0.717) is 6.10 Å². The van der Waals surface area contributed by atoms with E-state index in [0.717, 1.165) is 25.6 Å². The zero-order valence-electron chi connectivity index (χ0n) is 12.1. The highest BCUT2D eigenvalue weighted by atomic mass is 16.5. The standard InChI is InChI=1S/C14H30N2O/c1-5-17-14(3)12-15(4)9-10-16-8-6-7-13(2)11-16/h13-14H,5-12H2,1-4H3/t13-,14?/m1/s1. The SMILES string of the molecule is CCOC(C)CN(C)CCN1CCC[C@@H](C)C1. The Morgan fingerprint density at radius 1 is 1.47 bits per heavy atom. The Labute approximate surface area is 107 Å². The molecule has 0 aliphatic carbocycles. The van der Waals surface area contributed by atoms with Crippen molar-refractivity contribution in [3.8, 4) is 0 Å². The molecular formula is C14H30N2O. The van der Waals surface area contributed by atoms with Crippen LogP contribution in [0.3, 0.4) is 0 Å². The van der Waals surface area contributed by atoms with Gasteiger partial charge in [-0.1, -0.05) is 6.92 Å². The summed E-state index contributed by atoms with van der Waals surface area (Å²) >= 11 is 0. The lowest BCUT2D eigenvalue weighted by Gasteiger charge is -2.32. The second-order valence-electron chi connectivity index (χ2n) is 5.58. The van der Waals surface area contributed by atoms with Crippen molar-refractivity contribution in [3.63, 3.8) is 0 Å². The molecule has 1 aliphatic heterocycles. The molecule has 3 heteroatoms. The fraction of sp³-hybridized carbons (Fsp3) is 1.00. The van der Waals surface area contributed by atoms with Crippen LogP contribution >= 0.6 is 0 Å². The first-order valence-electron chi connectivity index (χ1n) is 7.14. The van der Waals surface area contributed by atoms with Gasteiger partial charge in [-0.2, -0.15) is 0 Å². The maximum atomic E-state index is 5.57. The molecule has 1 unspecified atom stereocenters. The van der Waals surface area contributed by atoms with Crippen LogP contribution in [-0.2, 0) is 4.74 Å². The van der Waals surface area contributed by atoms with Gasteiger partial charge in [0.05, 0.1) is 6.10 Å². The molecule has 3 nitrogen and oxygen atoms in total. The zero-order valence-corrected chi connectivity index (χ0v) is 12.1. The first kappa shape index (κ1) is 14.9. The number of rotatable bonds is 7. The van der Waals surface area contributed by atoms with Gasteiger partial charge in [0.25, 0.3) is 0 Å². The molecule has 0 saturated carbocycles. The highest BCUT2D eigenvalue weighted by Gasteiger charge is 2.16. The van der Waals surface area contributed by atoms with Crippen LogP contribution in [0.5, 0.6) is 0 Å². The van der Waals surface area contributed by atoms with Crippen LogP contribution in [0.2, 0.25) is 0 Å². The van der Waals surface area contributed by atoms with Crippen LogP contribution < -0.4 is 0 Å². The van der Waals surface area contributed by atoms with Crippen LogP contribution in [0.15, 0.2) is 0 Å². The van der Waals surface area contributed by atoms with Gasteiger partial charge in [-0.3, -0.25) is 0 Å². The predicted molar refractivity (Wildman–Crippen MR) is 73.4 cm³/mol. The summed E-state index contributed by atoms with van der Waals surface area (Å²) in [5.41, 5.74) is 0. The van der Waals surface area contributed by atoms with Gasteiger partial charge in [0.2, 0.25) is 0 Å². The van der Waals surface area contributed by atoms with Crippen LogP contribution in [0.25, 0.3) is 0 Å². The molecule has 1 rings (SSSR count). The van der Waals surface area contributed by atoms with Crippen LogP contribution in [-0.4, -0.2) is 62.3 Å². The summed E-state index contributed by atoms with van der Waals surface area (Å²) in [7, 11) is 2.20. The van der Waals surface area contributed by atoms with Gasteiger partial charge in [-0.15, -0.1) is 0 Å². The van der Waals surface area contributed by atoms with Crippen molar-refractivity contribution in [1.29, 1.82) is 0 Å². The number of ether oxygens (including phenoxy) is 1. The van der Waals surface area contributed by atoms with Crippen molar-refractivity contribution in [1.82, 2.24) is 9.80 Å². The first-order chi connectivity index (χ1) is 8.11. The van der Waals surface area contributed by atoms with Crippen molar-refractivity contribution in [2.24, 2.45) is 5.92 Å². The van der Waals surface area contributed by atoms with E-state index in [4.69, 9.17) is 4.74 Å². The Balaban J connectivity index is 2.12. The van der Waals surface area contributed by atoms with E-state index >= 15 is 0 Å². The van der Waals surface area contributed by atoms with Gasteiger partial charge in [-0.25, -0.2) is 0 Å². The highest BCUT2D eigenvalue weighted by Crippen LogP contribution is 2.14. The van der Waals surface area contributed by atoms with E-state index in [1.165, 1.54) is 32.5 Å². The molecule has 1 saturated heterocycles. The molecule has 102 valence electrons. The second-order valence-corrected chi connectivity index (χ2v) is 5.58. The molecule has 1 heterocycles. The fourth-order valence-electron chi connectivity index (χ4n) is 2.67. The third kappa shape index (κ3) is 6.39. The fourth-order valence-corrected chi connectivity index (χ4v) is 2.67. The number of hydrogen-bond acceptors (Lipinski definition) is 3. The van der Waals surface area contributed by atoms with Crippen molar-refractivity contribution in [2.75, 3.05) is 46.4 Å². The molecule has 0 N–H and O–H groups in total. The lowest BCUT2D eigenvalue weighted by atomic mass is 10.0. The molecule has 17 heavy (non-hydrogen) atoms. The van der Waals surface area contributed by atoms with E-state index in [1.54, 1.807) is 0 Å². The Morgan fingerprint density at radius 3 is 2.88 bits per heavy atom. The van der Waals surface area contributed by atoms with Crippen molar-refractivity contribution < 1.29 is 4.74 Å². The van der Waals surface area contributed by atoms with Gasteiger partial charge < -0.3 is 14.5 Å². The average Bonchev–Trinajstić information content (AvgIpc) is 2.27. The third-order valence-corrected chi connectivity index (χ3v) is 3.56. The molecule has 0 aromatic heterocycles. The summed E-state index contributed by atoms with van der Waals surface area (Å²) in [6, 6.07) is 0. The molecule has 1 fully saturated rings. The van der Waals surface area contributed by atoms with E-state index in [1.807, 2.05) is 0 Å². The Kier molecular flexibility index (Phi) is 7.09. The highest BCUT2D eigenvalue weighted by molar-refractivity contribution is 4.71. The van der Waals surface area contributed by atoms with E-state index in [9.17, 15) is 0 Å². The van der Waals surface area contributed by atoms with Crippen molar-refractivity contribution >= 4 is 0 Å². The Morgan fingerprint density at radius 2 is 2.24 bits per heavy atom. The van der Waals surface area contributed by atoms with Gasteiger partial charge in [-0.05, 0) is 46.2 Å². The van der Waals surface area contributed by atoms with E-state index < -0.39 is 0 Å². The number of likely N-dealkylation sites (N-methyl/N-ethyl adjacent to an activating group) is 1. The van der Waals surface area contributed by atoms with Crippen LogP contribution in [0, 0.1) is 5.92 Å². The molecule has 0 spiro atoms. The van der Waals surface area contributed by atoms with Crippen LogP contribution in [0.1, 0.15) is 33.6 Å². The topological polar surface area (TPSA) is 15.7 Å². The molecule has 0 radical (unpaired) electrons. The predicted octanol–water partition coefficient (Wildman–Crippen LogP) is 2.08. The lowest BCUT2D eigenvalue weighted by Crippen LogP contribution is -2.40. The maximum Gasteiger partial charge on any atom is 0.0673 e. The summed E-state index contributed by atoms with van der Waals surface area (Å²) in [6.45, 7) is 13.4. The number of nitrogens with zero attached hydrogens (tertiary/aromatic N) is 2.